The molecule has 0 saturated carbocycles. The summed E-state index contributed by atoms with van der Waals surface area (Å²) < 4.78 is 13.2. The Morgan fingerprint density at radius 1 is 1.14 bits per heavy atom. The molecule has 0 aliphatic carbocycles. The van der Waals surface area contributed by atoms with Gasteiger partial charge in [-0.25, -0.2) is 9.29 Å². The van der Waals surface area contributed by atoms with Crippen LogP contribution in [0, 0.1) is 5.82 Å². The summed E-state index contributed by atoms with van der Waals surface area (Å²) in [6, 6.07) is 11.7. The Morgan fingerprint density at radius 2 is 1.91 bits per heavy atom. The van der Waals surface area contributed by atoms with Crippen LogP contribution in [0.1, 0.15) is 6.42 Å². The number of carbonyl (C=O) groups excluding carboxylic acids is 2. The summed E-state index contributed by atoms with van der Waals surface area (Å²) in [5.41, 5.74) is 0.815. The van der Waals surface area contributed by atoms with Crippen molar-refractivity contribution in [1.29, 1.82) is 0 Å². The molecule has 1 atom stereocenters. The second kappa shape index (κ2) is 5.77. The molecule has 0 aromatic heterocycles. The number of halogens is 2. The van der Waals surface area contributed by atoms with E-state index in [-0.39, 0.29) is 12.3 Å². The third-order valence-electron chi connectivity index (χ3n) is 3.41. The van der Waals surface area contributed by atoms with Gasteiger partial charge in [0.15, 0.2) is 0 Å². The highest BCUT2D eigenvalue weighted by Crippen LogP contribution is 2.30. The van der Waals surface area contributed by atoms with Crippen LogP contribution in [0.3, 0.4) is 0 Å². The number of nitrogens with zero attached hydrogens (tertiary/aromatic N) is 1. The average molecular weight is 319 g/mol. The lowest BCUT2D eigenvalue weighted by Gasteiger charge is -2.17. The molecule has 2 amide bonds. The van der Waals surface area contributed by atoms with Gasteiger partial charge in [0.05, 0.1) is 17.1 Å². The van der Waals surface area contributed by atoms with E-state index in [9.17, 15) is 14.0 Å². The first-order chi connectivity index (χ1) is 10.6. The van der Waals surface area contributed by atoms with Crippen LogP contribution in [0.5, 0.6) is 0 Å². The zero-order valence-corrected chi connectivity index (χ0v) is 12.2. The van der Waals surface area contributed by atoms with E-state index in [0.29, 0.717) is 16.4 Å². The molecule has 0 radical (unpaired) electrons. The first kappa shape index (κ1) is 14.5. The van der Waals surface area contributed by atoms with E-state index in [0.717, 1.165) is 4.90 Å². The highest BCUT2D eigenvalue weighted by molar-refractivity contribution is 6.36. The third kappa shape index (κ3) is 2.67. The fourth-order valence-corrected chi connectivity index (χ4v) is 2.63. The van der Waals surface area contributed by atoms with Crippen LogP contribution in [0.15, 0.2) is 48.5 Å². The maximum Gasteiger partial charge on any atom is 0.256 e. The van der Waals surface area contributed by atoms with E-state index in [1.54, 1.807) is 30.3 Å². The molecule has 3 rings (SSSR count). The monoisotopic (exact) mass is 318 g/mol. The number of hydrogen-bond acceptors (Lipinski definition) is 3. The van der Waals surface area contributed by atoms with Gasteiger partial charge in [0, 0.05) is 5.69 Å². The quantitative estimate of drug-likeness (QED) is 0.884. The first-order valence-electron chi connectivity index (χ1n) is 6.69. The Morgan fingerprint density at radius 3 is 2.64 bits per heavy atom. The van der Waals surface area contributed by atoms with Crippen LogP contribution in [0.2, 0.25) is 5.02 Å². The Bertz CT molecular complexity index is 750. The van der Waals surface area contributed by atoms with Crippen molar-refractivity contribution in [1.82, 2.24) is 0 Å². The summed E-state index contributed by atoms with van der Waals surface area (Å²) in [5.74, 6) is -1.15. The van der Waals surface area contributed by atoms with Gasteiger partial charge in [-0.2, -0.15) is 0 Å². The molecular weight excluding hydrogens is 307 g/mol. The van der Waals surface area contributed by atoms with Crippen LogP contribution >= 0.6 is 11.6 Å². The minimum atomic E-state index is -0.731. The largest absolute Gasteiger partial charge is 0.373 e. The zero-order valence-electron chi connectivity index (χ0n) is 11.4. The van der Waals surface area contributed by atoms with Gasteiger partial charge < -0.3 is 5.32 Å². The SMILES string of the molecule is O=C1CC(Nc2cccc(F)c2)C(=O)N1c1ccccc1Cl. The molecule has 1 fully saturated rings. The van der Waals surface area contributed by atoms with Crippen LogP contribution in [-0.4, -0.2) is 17.9 Å². The molecule has 22 heavy (non-hydrogen) atoms. The number of anilines is 2. The molecule has 2 aromatic carbocycles. The first-order valence-corrected chi connectivity index (χ1v) is 7.07. The molecule has 6 heteroatoms. The predicted molar refractivity (Wildman–Crippen MR) is 82.4 cm³/mol. The number of benzene rings is 2. The van der Waals surface area contributed by atoms with Crippen molar-refractivity contribution >= 4 is 34.8 Å². The van der Waals surface area contributed by atoms with Gasteiger partial charge in [-0.05, 0) is 30.3 Å². The zero-order chi connectivity index (χ0) is 15.7. The maximum atomic E-state index is 13.2. The smallest absolute Gasteiger partial charge is 0.256 e. The molecule has 112 valence electrons. The van der Waals surface area contributed by atoms with Crippen molar-refractivity contribution in [3.63, 3.8) is 0 Å². The molecule has 1 heterocycles. The Kier molecular flexibility index (Phi) is 3.81. The number of imide groups is 1. The van der Waals surface area contributed by atoms with Crippen molar-refractivity contribution < 1.29 is 14.0 Å². The van der Waals surface area contributed by atoms with Gasteiger partial charge in [-0.3, -0.25) is 9.59 Å². The molecule has 0 spiro atoms. The van der Waals surface area contributed by atoms with Crippen LogP contribution in [-0.2, 0) is 9.59 Å². The van der Waals surface area contributed by atoms with Gasteiger partial charge in [-0.1, -0.05) is 29.8 Å². The standard InChI is InChI=1S/C16H12ClFN2O2/c17-12-6-1-2-7-14(12)20-15(21)9-13(16(20)22)19-11-5-3-4-10(18)8-11/h1-8,13,19H,9H2. The number of rotatable bonds is 3. The predicted octanol–water partition coefficient (Wildman–Crippen LogP) is 3.22. The highest BCUT2D eigenvalue weighted by Gasteiger charge is 2.40. The summed E-state index contributed by atoms with van der Waals surface area (Å²) in [4.78, 5) is 25.7. The van der Waals surface area contributed by atoms with Crippen molar-refractivity contribution in [3.05, 3.63) is 59.4 Å². The van der Waals surface area contributed by atoms with Gasteiger partial charge in [-0.15, -0.1) is 0 Å². The lowest BCUT2D eigenvalue weighted by Crippen LogP contribution is -2.35. The Hall–Kier alpha value is -2.40. The number of nitrogens with one attached hydrogen (secondary N) is 1. The molecule has 1 N–H and O–H groups in total. The van der Waals surface area contributed by atoms with E-state index in [2.05, 4.69) is 5.32 Å². The summed E-state index contributed by atoms with van der Waals surface area (Å²) in [5, 5.41) is 3.22. The van der Waals surface area contributed by atoms with Crippen molar-refractivity contribution in [3.8, 4) is 0 Å². The highest BCUT2D eigenvalue weighted by atomic mass is 35.5. The fraction of sp³-hybridized carbons (Fsp3) is 0.125. The molecule has 0 bridgehead atoms. The lowest BCUT2D eigenvalue weighted by atomic mass is 10.2. The maximum absolute atomic E-state index is 13.2. The molecule has 1 unspecified atom stereocenters. The second-order valence-corrected chi connectivity index (χ2v) is 5.34. The number of hydrogen-bond donors (Lipinski definition) is 1. The van der Waals surface area contributed by atoms with E-state index in [1.165, 1.54) is 18.2 Å². The van der Waals surface area contributed by atoms with Crippen LogP contribution in [0.4, 0.5) is 15.8 Å². The fourth-order valence-electron chi connectivity index (χ4n) is 2.41. The van der Waals surface area contributed by atoms with Crippen LogP contribution in [0.25, 0.3) is 0 Å². The molecule has 1 aliphatic rings. The Balaban J connectivity index is 1.84. The molecule has 1 aliphatic heterocycles. The lowest BCUT2D eigenvalue weighted by molar-refractivity contribution is -0.121. The minimum absolute atomic E-state index is 0.000565. The van der Waals surface area contributed by atoms with E-state index < -0.39 is 17.8 Å². The van der Waals surface area contributed by atoms with Crippen molar-refractivity contribution in [2.24, 2.45) is 0 Å². The summed E-state index contributed by atoms with van der Waals surface area (Å²) in [7, 11) is 0. The van der Waals surface area contributed by atoms with Gasteiger partial charge >= 0.3 is 0 Å². The average Bonchev–Trinajstić information content (AvgIpc) is 2.74. The minimum Gasteiger partial charge on any atom is -0.373 e. The van der Waals surface area contributed by atoms with E-state index >= 15 is 0 Å². The van der Waals surface area contributed by atoms with Crippen LogP contribution < -0.4 is 10.2 Å². The normalized spacial score (nSPS) is 17.9. The topological polar surface area (TPSA) is 49.4 Å². The molecule has 4 nitrogen and oxygen atoms in total. The van der Waals surface area contributed by atoms with E-state index in [1.807, 2.05) is 0 Å². The third-order valence-corrected chi connectivity index (χ3v) is 3.73. The number of amides is 2. The van der Waals surface area contributed by atoms with Crippen molar-refractivity contribution in [2.75, 3.05) is 10.2 Å². The van der Waals surface area contributed by atoms with Crippen molar-refractivity contribution in [2.45, 2.75) is 12.5 Å². The molecule has 1 saturated heterocycles. The summed E-state index contributed by atoms with van der Waals surface area (Å²) in [6.45, 7) is 0. The Labute approximate surface area is 131 Å². The number of para-hydroxylation sites is 1. The van der Waals surface area contributed by atoms with Gasteiger partial charge in [0.1, 0.15) is 11.9 Å². The number of carbonyl (C=O) groups is 2. The molecular formula is C16H12ClFN2O2. The van der Waals surface area contributed by atoms with Gasteiger partial charge in [0.2, 0.25) is 5.91 Å². The summed E-state index contributed by atoms with van der Waals surface area (Å²) >= 11 is 6.05. The second-order valence-electron chi connectivity index (χ2n) is 4.93. The van der Waals surface area contributed by atoms with Gasteiger partial charge in [0.25, 0.3) is 5.91 Å². The summed E-state index contributed by atoms with van der Waals surface area (Å²) in [6.07, 6.45) is 0.000565. The van der Waals surface area contributed by atoms with E-state index in [4.69, 9.17) is 11.6 Å². The molecule has 2 aromatic rings.